The standard InChI is InChI=1S/C23H27N3O3/c1-16-21(24-13-15-29-16)22(27)25-19-11-9-18(10-12-19)23(28)26-14-5-8-20(26)17-6-3-2-4-7-17/h2-4,6-7,9-12,16,20-21,24H,5,8,13-15H2,1H3,(H,25,27)/t16-,20?,21+/m1/s1. The molecule has 2 saturated heterocycles. The van der Waals surface area contributed by atoms with E-state index in [1.54, 1.807) is 24.3 Å². The Morgan fingerprint density at radius 1 is 1.10 bits per heavy atom. The van der Waals surface area contributed by atoms with Gasteiger partial charge in [-0.1, -0.05) is 30.3 Å². The maximum absolute atomic E-state index is 13.1. The molecule has 2 amide bonds. The van der Waals surface area contributed by atoms with Crippen LogP contribution < -0.4 is 10.6 Å². The number of rotatable bonds is 4. The molecule has 6 nitrogen and oxygen atoms in total. The molecule has 29 heavy (non-hydrogen) atoms. The second-order valence-corrected chi connectivity index (χ2v) is 7.64. The molecule has 2 N–H and O–H groups in total. The number of nitrogens with one attached hydrogen (secondary N) is 2. The van der Waals surface area contributed by atoms with Crippen molar-refractivity contribution in [3.05, 3.63) is 65.7 Å². The van der Waals surface area contributed by atoms with Crippen LogP contribution in [0.3, 0.4) is 0 Å². The van der Waals surface area contributed by atoms with Gasteiger partial charge in [0, 0.05) is 24.3 Å². The molecule has 0 bridgehead atoms. The number of likely N-dealkylation sites (tertiary alicyclic amines) is 1. The molecule has 0 radical (unpaired) electrons. The van der Waals surface area contributed by atoms with Gasteiger partial charge in [0.2, 0.25) is 5.91 Å². The van der Waals surface area contributed by atoms with Crippen LogP contribution in [-0.2, 0) is 9.53 Å². The predicted octanol–water partition coefficient (Wildman–Crippen LogP) is 2.98. The lowest BCUT2D eigenvalue weighted by Crippen LogP contribution is -2.53. The van der Waals surface area contributed by atoms with Crippen molar-refractivity contribution in [1.29, 1.82) is 0 Å². The van der Waals surface area contributed by atoms with Crippen molar-refractivity contribution in [2.24, 2.45) is 0 Å². The fourth-order valence-corrected chi connectivity index (χ4v) is 4.14. The molecule has 2 aromatic rings. The maximum Gasteiger partial charge on any atom is 0.254 e. The predicted molar refractivity (Wildman–Crippen MR) is 112 cm³/mol. The van der Waals surface area contributed by atoms with Crippen LogP contribution in [0.4, 0.5) is 5.69 Å². The minimum atomic E-state index is -0.374. The second-order valence-electron chi connectivity index (χ2n) is 7.64. The van der Waals surface area contributed by atoms with E-state index in [-0.39, 0.29) is 30.0 Å². The van der Waals surface area contributed by atoms with Crippen LogP contribution in [-0.4, -0.2) is 48.6 Å². The quantitative estimate of drug-likeness (QED) is 0.838. The van der Waals surface area contributed by atoms with Crippen LogP contribution in [0.2, 0.25) is 0 Å². The Labute approximate surface area is 171 Å². The molecule has 0 saturated carbocycles. The summed E-state index contributed by atoms with van der Waals surface area (Å²) in [6.07, 6.45) is 1.82. The van der Waals surface area contributed by atoms with Crippen LogP contribution in [0.15, 0.2) is 54.6 Å². The number of amides is 2. The molecule has 0 aromatic heterocycles. The Morgan fingerprint density at radius 3 is 2.59 bits per heavy atom. The summed E-state index contributed by atoms with van der Waals surface area (Å²) in [5, 5.41) is 6.08. The fourth-order valence-electron chi connectivity index (χ4n) is 4.14. The summed E-state index contributed by atoms with van der Waals surface area (Å²) in [6.45, 7) is 3.93. The first-order chi connectivity index (χ1) is 14.1. The van der Waals surface area contributed by atoms with E-state index in [1.807, 2.05) is 30.0 Å². The SMILES string of the molecule is C[C@H]1OCCN[C@@H]1C(=O)Nc1ccc(C(=O)N2CCCC2c2ccccc2)cc1. The molecule has 2 fully saturated rings. The third-order valence-corrected chi connectivity index (χ3v) is 5.70. The summed E-state index contributed by atoms with van der Waals surface area (Å²) in [5.74, 6) is -0.0924. The maximum atomic E-state index is 13.1. The highest BCUT2D eigenvalue weighted by molar-refractivity contribution is 5.97. The van der Waals surface area contributed by atoms with E-state index in [4.69, 9.17) is 4.74 Å². The Balaban J connectivity index is 1.42. The lowest BCUT2D eigenvalue weighted by atomic mass is 10.0. The van der Waals surface area contributed by atoms with Gasteiger partial charge in [0.15, 0.2) is 0 Å². The molecule has 0 aliphatic carbocycles. The molecular formula is C23H27N3O3. The summed E-state index contributed by atoms with van der Waals surface area (Å²) >= 11 is 0. The number of hydrogen-bond donors (Lipinski definition) is 2. The van der Waals surface area contributed by atoms with Gasteiger partial charge in [0.1, 0.15) is 6.04 Å². The van der Waals surface area contributed by atoms with Crippen molar-refractivity contribution in [2.45, 2.75) is 38.0 Å². The van der Waals surface area contributed by atoms with Crippen molar-refractivity contribution in [3.8, 4) is 0 Å². The summed E-state index contributed by atoms with van der Waals surface area (Å²) in [7, 11) is 0. The third kappa shape index (κ3) is 4.33. The average molecular weight is 393 g/mol. The molecule has 3 atom stereocenters. The third-order valence-electron chi connectivity index (χ3n) is 5.70. The number of morpholine rings is 1. The van der Waals surface area contributed by atoms with E-state index in [0.29, 0.717) is 24.4 Å². The second kappa shape index (κ2) is 8.76. The summed E-state index contributed by atoms with van der Waals surface area (Å²) < 4.78 is 5.53. The normalized spacial score (nSPS) is 24.3. The highest BCUT2D eigenvalue weighted by Crippen LogP contribution is 2.33. The van der Waals surface area contributed by atoms with Crippen LogP contribution in [0.25, 0.3) is 0 Å². The smallest absolute Gasteiger partial charge is 0.254 e. The lowest BCUT2D eigenvalue weighted by Gasteiger charge is -2.29. The van der Waals surface area contributed by atoms with Gasteiger partial charge in [-0.25, -0.2) is 0 Å². The van der Waals surface area contributed by atoms with E-state index in [0.717, 1.165) is 19.4 Å². The number of nitrogens with zero attached hydrogens (tertiary/aromatic N) is 1. The van der Waals surface area contributed by atoms with Gasteiger partial charge in [-0.05, 0) is 49.6 Å². The Morgan fingerprint density at radius 2 is 1.86 bits per heavy atom. The minimum absolute atomic E-state index is 0.0326. The van der Waals surface area contributed by atoms with E-state index in [9.17, 15) is 9.59 Å². The van der Waals surface area contributed by atoms with Gasteiger partial charge in [0.05, 0.1) is 18.8 Å². The molecule has 2 aliphatic rings. The average Bonchev–Trinajstić information content (AvgIpc) is 3.24. The van der Waals surface area contributed by atoms with Crippen molar-refractivity contribution in [3.63, 3.8) is 0 Å². The highest BCUT2D eigenvalue weighted by atomic mass is 16.5. The molecule has 152 valence electrons. The number of anilines is 1. The Kier molecular flexibility index (Phi) is 5.92. The zero-order chi connectivity index (χ0) is 20.2. The van der Waals surface area contributed by atoms with Gasteiger partial charge in [0.25, 0.3) is 5.91 Å². The van der Waals surface area contributed by atoms with Gasteiger partial charge in [-0.3, -0.25) is 9.59 Å². The number of benzene rings is 2. The molecule has 2 aromatic carbocycles. The van der Waals surface area contributed by atoms with Crippen molar-refractivity contribution >= 4 is 17.5 Å². The van der Waals surface area contributed by atoms with Gasteiger partial charge >= 0.3 is 0 Å². The van der Waals surface area contributed by atoms with E-state index < -0.39 is 0 Å². The molecule has 4 rings (SSSR count). The van der Waals surface area contributed by atoms with Crippen molar-refractivity contribution in [2.75, 3.05) is 25.0 Å². The topological polar surface area (TPSA) is 70.7 Å². The van der Waals surface area contributed by atoms with Gasteiger partial charge in [-0.2, -0.15) is 0 Å². The fraction of sp³-hybridized carbons (Fsp3) is 0.391. The molecule has 2 aliphatic heterocycles. The van der Waals surface area contributed by atoms with Crippen molar-refractivity contribution < 1.29 is 14.3 Å². The lowest BCUT2D eigenvalue weighted by molar-refractivity contribution is -0.123. The zero-order valence-electron chi connectivity index (χ0n) is 16.6. The minimum Gasteiger partial charge on any atom is -0.375 e. The monoisotopic (exact) mass is 393 g/mol. The highest BCUT2D eigenvalue weighted by Gasteiger charge is 2.31. The van der Waals surface area contributed by atoms with Crippen LogP contribution in [0.1, 0.15) is 41.7 Å². The summed E-state index contributed by atoms with van der Waals surface area (Å²) in [5.41, 5.74) is 2.49. The number of carbonyl (C=O) groups excluding carboxylic acids is 2. The van der Waals surface area contributed by atoms with Crippen molar-refractivity contribution in [1.82, 2.24) is 10.2 Å². The Bertz CT molecular complexity index is 853. The first kappa shape index (κ1) is 19.6. The zero-order valence-corrected chi connectivity index (χ0v) is 16.6. The van der Waals surface area contributed by atoms with Crippen LogP contribution in [0, 0.1) is 0 Å². The Hall–Kier alpha value is -2.70. The summed E-state index contributed by atoms with van der Waals surface area (Å²) in [4.78, 5) is 27.5. The number of carbonyl (C=O) groups is 2. The van der Waals surface area contributed by atoms with Gasteiger partial charge < -0.3 is 20.3 Å². The van der Waals surface area contributed by atoms with Crippen LogP contribution in [0.5, 0.6) is 0 Å². The van der Waals surface area contributed by atoms with E-state index >= 15 is 0 Å². The first-order valence-electron chi connectivity index (χ1n) is 10.3. The molecular weight excluding hydrogens is 366 g/mol. The number of hydrogen-bond acceptors (Lipinski definition) is 4. The van der Waals surface area contributed by atoms with Gasteiger partial charge in [-0.15, -0.1) is 0 Å². The number of ether oxygens (including phenoxy) is 1. The summed E-state index contributed by atoms with van der Waals surface area (Å²) in [6, 6.07) is 17.1. The molecule has 2 heterocycles. The van der Waals surface area contributed by atoms with E-state index in [2.05, 4.69) is 22.8 Å². The van der Waals surface area contributed by atoms with Crippen LogP contribution >= 0.6 is 0 Å². The molecule has 6 heteroatoms. The van der Waals surface area contributed by atoms with E-state index in [1.165, 1.54) is 5.56 Å². The molecule has 1 unspecified atom stereocenters. The molecule has 0 spiro atoms. The largest absolute Gasteiger partial charge is 0.375 e. The first-order valence-corrected chi connectivity index (χ1v) is 10.3.